The van der Waals surface area contributed by atoms with E-state index < -0.39 is 5.54 Å². The Morgan fingerprint density at radius 3 is 2.45 bits per heavy atom. The predicted molar refractivity (Wildman–Crippen MR) is 82.9 cm³/mol. The summed E-state index contributed by atoms with van der Waals surface area (Å²) in [6.45, 7) is 11.9. The quantitative estimate of drug-likeness (QED) is 0.442. The van der Waals surface area contributed by atoms with Crippen molar-refractivity contribution in [2.45, 2.75) is 78.4 Å². The van der Waals surface area contributed by atoms with Crippen molar-refractivity contribution in [3.05, 3.63) is 0 Å². The zero-order chi connectivity index (χ0) is 15.4. The maximum absolute atomic E-state index is 12.1. The van der Waals surface area contributed by atoms with E-state index in [2.05, 4.69) is 12.2 Å². The lowest BCUT2D eigenvalue weighted by Crippen LogP contribution is -2.52. The lowest BCUT2D eigenvalue weighted by Gasteiger charge is -2.30. The van der Waals surface area contributed by atoms with Crippen LogP contribution in [0.1, 0.15) is 66.7 Å². The first-order valence-corrected chi connectivity index (χ1v) is 8.04. The SMILES string of the molecule is CCCCCCOC(C)CC(C)(NCC)C(=O)OCC. The van der Waals surface area contributed by atoms with Gasteiger partial charge in [-0.05, 0) is 33.7 Å². The molecule has 120 valence electrons. The number of hydrogen-bond acceptors (Lipinski definition) is 4. The Labute approximate surface area is 124 Å². The number of hydrogen-bond donors (Lipinski definition) is 1. The Hall–Kier alpha value is -0.610. The van der Waals surface area contributed by atoms with Gasteiger partial charge in [-0.15, -0.1) is 0 Å². The van der Waals surface area contributed by atoms with Crippen molar-refractivity contribution in [2.24, 2.45) is 0 Å². The fraction of sp³-hybridized carbons (Fsp3) is 0.938. The molecule has 0 heterocycles. The van der Waals surface area contributed by atoms with Gasteiger partial charge in [0.15, 0.2) is 0 Å². The zero-order valence-corrected chi connectivity index (χ0v) is 14.0. The first-order valence-electron chi connectivity index (χ1n) is 8.04. The van der Waals surface area contributed by atoms with E-state index in [-0.39, 0.29) is 12.1 Å². The fourth-order valence-electron chi connectivity index (χ4n) is 2.36. The normalized spacial score (nSPS) is 15.7. The van der Waals surface area contributed by atoms with Crippen LogP contribution in [0, 0.1) is 0 Å². The molecule has 0 aromatic rings. The smallest absolute Gasteiger partial charge is 0.326 e. The van der Waals surface area contributed by atoms with E-state index in [1.165, 1.54) is 19.3 Å². The van der Waals surface area contributed by atoms with Crippen LogP contribution in [0.4, 0.5) is 0 Å². The summed E-state index contributed by atoms with van der Waals surface area (Å²) in [6, 6.07) is 0. The van der Waals surface area contributed by atoms with Crippen molar-refractivity contribution in [1.29, 1.82) is 0 Å². The van der Waals surface area contributed by atoms with Crippen LogP contribution in [-0.2, 0) is 14.3 Å². The van der Waals surface area contributed by atoms with Crippen LogP contribution in [0.3, 0.4) is 0 Å². The van der Waals surface area contributed by atoms with Gasteiger partial charge in [-0.1, -0.05) is 33.1 Å². The van der Waals surface area contributed by atoms with E-state index in [4.69, 9.17) is 9.47 Å². The molecule has 0 aliphatic heterocycles. The largest absolute Gasteiger partial charge is 0.465 e. The zero-order valence-electron chi connectivity index (χ0n) is 14.0. The van der Waals surface area contributed by atoms with Crippen LogP contribution in [0.15, 0.2) is 0 Å². The minimum atomic E-state index is -0.659. The Bertz CT molecular complexity index is 258. The van der Waals surface area contributed by atoms with E-state index in [0.29, 0.717) is 13.0 Å². The van der Waals surface area contributed by atoms with Crippen molar-refractivity contribution >= 4 is 5.97 Å². The number of carbonyl (C=O) groups is 1. The minimum absolute atomic E-state index is 0.0464. The monoisotopic (exact) mass is 287 g/mol. The van der Waals surface area contributed by atoms with Crippen LogP contribution in [0.5, 0.6) is 0 Å². The molecule has 0 saturated heterocycles. The van der Waals surface area contributed by atoms with Crippen LogP contribution >= 0.6 is 0 Å². The molecule has 2 atom stereocenters. The molecular weight excluding hydrogens is 254 g/mol. The molecule has 4 nitrogen and oxygen atoms in total. The highest BCUT2D eigenvalue weighted by Gasteiger charge is 2.35. The summed E-state index contributed by atoms with van der Waals surface area (Å²) in [6.07, 6.45) is 5.48. The molecule has 0 aliphatic rings. The van der Waals surface area contributed by atoms with Crippen molar-refractivity contribution < 1.29 is 14.3 Å². The molecule has 0 aromatic carbocycles. The van der Waals surface area contributed by atoms with Gasteiger partial charge in [-0.3, -0.25) is 4.79 Å². The Balaban J connectivity index is 4.18. The molecule has 4 heteroatoms. The Morgan fingerprint density at radius 1 is 1.20 bits per heavy atom. The lowest BCUT2D eigenvalue weighted by atomic mass is 9.94. The highest BCUT2D eigenvalue weighted by atomic mass is 16.5. The highest BCUT2D eigenvalue weighted by molar-refractivity contribution is 5.80. The molecule has 0 spiro atoms. The Kier molecular flexibility index (Phi) is 10.8. The summed E-state index contributed by atoms with van der Waals surface area (Å²) in [5.74, 6) is -0.191. The second-order valence-corrected chi connectivity index (χ2v) is 5.53. The first kappa shape index (κ1) is 19.4. The molecule has 0 rings (SSSR count). The van der Waals surface area contributed by atoms with Gasteiger partial charge >= 0.3 is 5.97 Å². The fourth-order valence-corrected chi connectivity index (χ4v) is 2.36. The van der Waals surface area contributed by atoms with E-state index in [0.717, 1.165) is 19.6 Å². The molecule has 1 N–H and O–H groups in total. The summed E-state index contributed by atoms with van der Waals surface area (Å²) < 4.78 is 11.0. The summed E-state index contributed by atoms with van der Waals surface area (Å²) >= 11 is 0. The van der Waals surface area contributed by atoms with Crippen LogP contribution in [-0.4, -0.2) is 37.4 Å². The van der Waals surface area contributed by atoms with E-state index in [1.807, 2.05) is 27.7 Å². The molecule has 0 amide bonds. The second-order valence-electron chi connectivity index (χ2n) is 5.53. The number of esters is 1. The molecule has 0 fully saturated rings. The number of carbonyl (C=O) groups excluding carboxylic acids is 1. The summed E-state index contributed by atoms with van der Waals surface area (Å²) in [4.78, 5) is 12.1. The van der Waals surface area contributed by atoms with Crippen LogP contribution in [0.2, 0.25) is 0 Å². The van der Waals surface area contributed by atoms with Crippen molar-refractivity contribution in [1.82, 2.24) is 5.32 Å². The summed E-state index contributed by atoms with van der Waals surface area (Å²) in [5, 5.41) is 3.23. The Morgan fingerprint density at radius 2 is 1.90 bits per heavy atom. The molecule has 2 unspecified atom stereocenters. The predicted octanol–water partition coefficient (Wildman–Crippen LogP) is 3.29. The van der Waals surface area contributed by atoms with E-state index in [9.17, 15) is 4.79 Å². The molecule has 20 heavy (non-hydrogen) atoms. The van der Waals surface area contributed by atoms with Gasteiger partial charge in [-0.25, -0.2) is 0 Å². The van der Waals surface area contributed by atoms with Crippen LogP contribution < -0.4 is 5.32 Å². The minimum Gasteiger partial charge on any atom is -0.465 e. The van der Waals surface area contributed by atoms with Crippen molar-refractivity contribution in [3.8, 4) is 0 Å². The number of likely N-dealkylation sites (N-methyl/N-ethyl adjacent to an activating group) is 1. The molecule has 0 bridgehead atoms. The number of ether oxygens (including phenoxy) is 2. The topological polar surface area (TPSA) is 47.6 Å². The standard InChI is InChI=1S/C16H33NO3/c1-6-9-10-11-12-20-14(4)13-16(5,17-7-2)15(18)19-8-3/h14,17H,6-13H2,1-5H3. The molecule has 0 aromatic heterocycles. The average molecular weight is 287 g/mol. The van der Waals surface area contributed by atoms with E-state index >= 15 is 0 Å². The third-order valence-corrected chi connectivity index (χ3v) is 3.39. The van der Waals surface area contributed by atoms with Gasteiger partial charge in [0, 0.05) is 13.0 Å². The third-order valence-electron chi connectivity index (χ3n) is 3.39. The van der Waals surface area contributed by atoms with Gasteiger partial charge in [0.1, 0.15) is 5.54 Å². The summed E-state index contributed by atoms with van der Waals surface area (Å²) in [5.41, 5.74) is -0.659. The third kappa shape index (κ3) is 7.85. The molecule has 0 aliphatic carbocycles. The average Bonchev–Trinajstić information content (AvgIpc) is 2.39. The maximum Gasteiger partial charge on any atom is 0.326 e. The maximum atomic E-state index is 12.1. The lowest BCUT2D eigenvalue weighted by molar-refractivity contribution is -0.152. The van der Waals surface area contributed by atoms with Crippen molar-refractivity contribution in [3.63, 3.8) is 0 Å². The molecular formula is C16H33NO3. The molecule has 0 saturated carbocycles. The van der Waals surface area contributed by atoms with Gasteiger partial charge in [-0.2, -0.15) is 0 Å². The highest BCUT2D eigenvalue weighted by Crippen LogP contribution is 2.17. The summed E-state index contributed by atoms with van der Waals surface area (Å²) in [7, 11) is 0. The first-order chi connectivity index (χ1) is 9.50. The van der Waals surface area contributed by atoms with Gasteiger partial charge in [0.25, 0.3) is 0 Å². The number of nitrogens with one attached hydrogen (secondary N) is 1. The van der Waals surface area contributed by atoms with E-state index in [1.54, 1.807) is 0 Å². The number of unbranched alkanes of at least 4 members (excludes halogenated alkanes) is 3. The van der Waals surface area contributed by atoms with Gasteiger partial charge in [0.05, 0.1) is 12.7 Å². The number of rotatable bonds is 12. The van der Waals surface area contributed by atoms with Crippen molar-refractivity contribution in [2.75, 3.05) is 19.8 Å². The molecule has 0 radical (unpaired) electrons. The second kappa shape index (κ2) is 11.1. The van der Waals surface area contributed by atoms with Crippen LogP contribution in [0.25, 0.3) is 0 Å². The van der Waals surface area contributed by atoms with Gasteiger partial charge < -0.3 is 14.8 Å². The van der Waals surface area contributed by atoms with Gasteiger partial charge in [0.2, 0.25) is 0 Å².